The Bertz CT molecular complexity index is 1620. The molecule has 0 bridgehead atoms. The topological polar surface area (TPSA) is 139 Å². The van der Waals surface area contributed by atoms with Gasteiger partial charge in [0.2, 0.25) is 5.91 Å². The zero-order valence-corrected chi connectivity index (χ0v) is 27.7. The Labute approximate surface area is 282 Å². The highest BCUT2D eigenvalue weighted by atomic mass is 32.2. The summed E-state index contributed by atoms with van der Waals surface area (Å²) in [4.78, 5) is 28.0. The zero-order valence-electron chi connectivity index (χ0n) is 26.8. The van der Waals surface area contributed by atoms with Gasteiger partial charge in [0, 0.05) is 31.6 Å². The van der Waals surface area contributed by atoms with E-state index in [0.717, 1.165) is 22.6 Å². The number of aliphatic hydroxyl groups excluding tert-OH is 1. The van der Waals surface area contributed by atoms with Crippen molar-refractivity contribution in [1.82, 2.24) is 10.2 Å². The number of hydrogen-bond acceptors (Lipinski definition) is 7. The van der Waals surface area contributed by atoms with Crippen LogP contribution in [0, 0.1) is 11.6 Å². The predicted molar refractivity (Wildman–Crippen MR) is 173 cm³/mol. The molecule has 268 valence electrons. The third kappa shape index (κ3) is 14.1. The first-order valence-corrected chi connectivity index (χ1v) is 17.4. The quantitative estimate of drug-likeness (QED) is 0.170. The van der Waals surface area contributed by atoms with Gasteiger partial charge in [-0.3, -0.25) is 4.79 Å². The molecule has 2 amide bonds. The van der Waals surface area contributed by atoms with Gasteiger partial charge >= 0.3 is 12.3 Å². The lowest BCUT2D eigenvalue weighted by Gasteiger charge is -2.31. The summed E-state index contributed by atoms with van der Waals surface area (Å²) in [5.41, 5.74) is 8.39. The number of alkyl halides is 3. The molecule has 9 nitrogen and oxygen atoms in total. The van der Waals surface area contributed by atoms with Crippen molar-refractivity contribution in [1.29, 1.82) is 0 Å². The summed E-state index contributed by atoms with van der Waals surface area (Å²) in [6.45, 7) is 0.994. The number of nitrogens with two attached hydrogens (primary N) is 1. The third-order valence-corrected chi connectivity index (χ3v) is 9.27. The molecular formula is C34H40F5N3O6S. The van der Waals surface area contributed by atoms with Crippen LogP contribution in [0.1, 0.15) is 42.0 Å². The first-order chi connectivity index (χ1) is 23.0. The van der Waals surface area contributed by atoms with Gasteiger partial charge in [0.15, 0.2) is 9.84 Å². The van der Waals surface area contributed by atoms with E-state index in [1.807, 2.05) is 13.0 Å². The molecule has 0 spiro atoms. The number of benzene rings is 3. The molecule has 3 rings (SSSR count). The molecule has 0 aliphatic heterocycles. The largest absolute Gasteiger partial charge is 0.445 e. The molecule has 3 aromatic rings. The summed E-state index contributed by atoms with van der Waals surface area (Å²) in [6, 6.07) is 15.3. The molecule has 0 aliphatic carbocycles. The van der Waals surface area contributed by atoms with Crippen LogP contribution in [-0.4, -0.2) is 72.8 Å². The summed E-state index contributed by atoms with van der Waals surface area (Å²) in [5.74, 6) is -4.66. The number of rotatable bonds is 17. The van der Waals surface area contributed by atoms with Crippen LogP contribution >= 0.6 is 0 Å². The first-order valence-electron chi connectivity index (χ1n) is 15.5. The summed E-state index contributed by atoms with van der Waals surface area (Å²) in [7, 11) is -4.35. The van der Waals surface area contributed by atoms with Gasteiger partial charge in [-0.25, -0.2) is 22.0 Å². The van der Waals surface area contributed by atoms with Gasteiger partial charge in [-0.05, 0) is 53.6 Å². The Morgan fingerprint density at radius 2 is 1.57 bits per heavy atom. The molecule has 0 radical (unpaired) electrons. The maximum Gasteiger partial charge on any atom is 0.408 e. The van der Waals surface area contributed by atoms with Crippen LogP contribution in [0.4, 0.5) is 26.7 Å². The lowest BCUT2D eigenvalue weighted by Crippen LogP contribution is -2.55. The van der Waals surface area contributed by atoms with Crippen LogP contribution in [-0.2, 0) is 45.4 Å². The number of nitrogens with zero attached hydrogens (tertiary/aromatic N) is 1. The predicted octanol–water partition coefficient (Wildman–Crippen LogP) is 4.84. The fraction of sp³-hybridized carbons (Fsp3) is 0.412. The van der Waals surface area contributed by atoms with Crippen LogP contribution in [0.25, 0.3) is 0 Å². The molecule has 0 fully saturated rings. The van der Waals surface area contributed by atoms with Gasteiger partial charge in [-0.1, -0.05) is 61.5 Å². The normalized spacial score (nSPS) is 13.7. The number of alkyl carbamates (subject to hydrolysis) is 1. The number of sulfone groups is 1. The van der Waals surface area contributed by atoms with Crippen LogP contribution in [0.2, 0.25) is 0 Å². The van der Waals surface area contributed by atoms with Crippen molar-refractivity contribution in [2.45, 2.75) is 70.1 Å². The average molecular weight is 714 g/mol. The number of halogens is 5. The molecule has 3 atom stereocenters. The number of carbonyl (C=O) groups excluding carboxylic acids is 2. The smallest absolute Gasteiger partial charge is 0.408 e. The number of ether oxygens (including phenoxy) is 1. The molecule has 0 unspecified atom stereocenters. The molecule has 15 heteroatoms. The van der Waals surface area contributed by atoms with Crippen molar-refractivity contribution in [3.63, 3.8) is 0 Å². The van der Waals surface area contributed by atoms with E-state index in [1.165, 1.54) is 0 Å². The van der Waals surface area contributed by atoms with Gasteiger partial charge < -0.3 is 25.8 Å². The second kappa shape index (κ2) is 18.1. The number of nitrogens with one attached hydrogen (secondary N) is 1. The van der Waals surface area contributed by atoms with Gasteiger partial charge in [-0.15, -0.1) is 0 Å². The van der Waals surface area contributed by atoms with Gasteiger partial charge in [-0.2, -0.15) is 13.2 Å². The maximum absolute atomic E-state index is 14.1. The molecule has 3 aromatic carbocycles. The van der Waals surface area contributed by atoms with Crippen molar-refractivity contribution in [2.24, 2.45) is 5.73 Å². The van der Waals surface area contributed by atoms with E-state index in [9.17, 15) is 45.1 Å². The van der Waals surface area contributed by atoms with Crippen molar-refractivity contribution in [3.8, 4) is 0 Å². The van der Waals surface area contributed by atoms with Crippen molar-refractivity contribution < 1.29 is 49.8 Å². The molecule has 0 saturated heterocycles. The lowest BCUT2D eigenvalue weighted by atomic mass is 10.0. The standard InChI is InChI=1S/C34H40F5N3O6S/c1-2-23-10-6-11-25(14-23)19-42(20-31(43)29(40)17-26-15-27(35)18-28(36)16-26)32(44)30(22-49(46,47)13-7-12-34(37,38)39)41-33(45)48-21-24-8-4-3-5-9-24/h3-6,8-11,14-16,18,29-31,43H,2,7,12-13,17,19-22,40H2,1H3,(H,41,45)/t29-,30+,31+/m0/s1. The zero-order chi connectivity index (χ0) is 36.2. The van der Waals surface area contributed by atoms with Crippen molar-refractivity contribution in [3.05, 3.63) is 107 Å². The van der Waals surface area contributed by atoms with Gasteiger partial charge in [0.25, 0.3) is 0 Å². The second-order valence-electron chi connectivity index (χ2n) is 11.7. The lowest BCUT2D eigenvalue weighted by molar-refractivity contribution is -0.135. The molecular weight excluding hydrogens is 673 g/mol. The highest BCUT2D eigenvalue weighted by Gasteiger charge is 2.34. The Morgan fingerprint density at radius 3 is 2.20 bits per heavy atom. The fourth-order valence-electron chi connectivity index (χ4n) is 5.03. The summed E-state index contributed by atoms with van der Waals surface area (Å²) in [5, 5.41) is 13.3. The first kappa shape index (κ1) is 39.4. The van der Waals surface area contributed by atoms with E-state index in [2.05, 4.69) is 5.32 Å². The Morgan fingerprint density at radius 1 is 0.939 bits per heavy atom. The summed E-state index contributed by atoms with van der Waals surface area (Å²) >= 11 is 0. The van der Waals surface area contributed by atoms with Crippen LogP contribution in [0.15, 0.2) is 72.8 Å². The van der Waals surface area contributed by atoms with Gasteiger partial charge in [0.1, 0.15) is 24.3 Å². The number of aryl methyl sites for hydroxylation is 1. The van der Waals surface area contributed by atoms with E-state index in [1.54, 1.807) is 48.5 Å². The van der Waals surface area contributed by atoms with Crippen LogP contribution in [0.5, 0.6) is 0 Å². The van der Waals surface area contributed by atoms with Crippen LogP contribution < -0.4 is 11.1 Å². The number of amides is 2. The molecule has 4 N–H and O–H groups in total. The van der Waals surface area contributed by atoms with E-state index >= 15 is 0 Å². The fourth-order valence-corrected chi connectivity index (χ4v) is 6.52. The highest BCUT2D eigenvalue weighted by Crippen LogP contribution is 2.22. The Kier molecular flexibility index (Phi) is 14.5. The molecule has 0 saturated carbocycles. The highest BCUT2D eigenvalue weighted by molar-refractivity contribution is 7.91. The monoisotopic (exact) mass is 713 g/mol. The van der Waals surface area contributed by atoms with E-state index in [-0.39, 0.29) is 25.1 Å². The number of aliphatic hydroxyl groups is 1. The molecule has 0 aliphatic rings. The summed E-state index contributed by atoms with van der Waals surface area (Å²) in [6.07, 6.45) is -8.93. The minimum absolute atomic E-state index is 0.142. The minimum Gasteiger partial charge on any atom is -0.445 e. The average Bonchev–Trinajstić information content (AvgIpc) is 3.02. The van der Waals surface area contributed by atoms with Gasteiger partial charge in [0.05, 0.1) is 17.6 Å². The second-order valence-corrected chi connectivity index (χ2v) is 13.9. The third-order valence-electron chi connectivity index (χ3n) is 7.52. The number of carbonyl (C=O) groups is 2. The minimum atomic E-state index is -4.60. The SMILES string of the molecule is CCc1cccc(CN(C[C@@H](O)[C@@H](N)Cc2cc(F)cc(F)c2)C(=O)[C@@H](CS(=O)(=O)CCCC(F)(F)F)NC(=O)OCc2ccccc2)c1. The maximum atomic E-state index is 14.1. The van der Waals surface area contributed by atoms with Crippen molar-refractivity contribution >= 4 is 21.8 Å². The Hall–Kier alpha value is -4.08. The van der Waals surface area contributed by atoms with Crippen molar-refractivity contribution in [2.75, 3.05) is 18.1 Å². The number of hydrogen-bond donors (Lipinski definition) is 3. The van der Waals surface area contributed by atoms with E-state index in [4.69, 9.17) is 10.5 Å². The van der Waals surface area contributed by atoms with E-state index in [0.29, 0.717) is 23.6 Å². The van der Waals surface area contributed by atoms with E-state index < -0.39 is 88.7 Å². The molecule has 0 aromatic heterocycles. The molecule has 0 heterocycles. The van der Waals surface area contributed by atoms with Crippen LogP contribution in [0.3, 0.4) is 0 Å². The Balaban J connectivity index is 1.89. The summed E-state index contributed by atoms with van der Waals surface area (Å²) < 4.78 is 96.9. The molecule has 49 heavy (non-hydrogen) atoms.